The summed E-state index contributed by atoms with van der Waals surface area (Å²) < 4.78 is 5.22. The Kier molecular flexibility index (Phi) is 18.5. The van der Waals surface area contributed by atoms with Crippen LogP contribution in [0.3, 0.4) is 0 Å². The van der Waals surface area contributed by atoms with Gasteiger partial charge in [-0.2, -0.15) is 0 Å². The lowest BCUT2D eigenvalue weighted by Gasteiger charge is -2.27. The molecule has 5 heteroatoms. The van der Waals surface area contributed by atoms with Crippen LogP contribution in [0, 0.1) is 5.41 Å². The lowest BCUT2D eigenvalue weighted by Crippen LogP contribution is -2.35. The molecule has 3 N–H and O–H groups in total. The summed E-state index contributed by atoms with van der Waals surface area (Å²) in [6, 6.07) is 0. The molecule has 0 bridgehead atoms. The van der Waals surface area contributed by atoms with Crippen LogP contribution in [-0.2, 0) is 9.53 Å². The number of allylic oxidation sites excluding steroid dienone is 1. The zero-order chi connectivity index (χ0) is 21.8. The molecule has 0 aliphatic heterocycles. The van der Waals surface area contributed by atoms with E-state index in [1.807, 2.05) is 6.92 Å². The first kappa shape index (κ1) is 28.1. The highest BCUT2D eigenvalue weighted by Crippen LogP contribution is 2.21. The minimum absolute atomic E-state index is 0.0785. The fourth-order valence-corrected chi connectivity index (χ4v) is 3.13. The minimum Gasteiger partial charge on any atom is -0.465 e. The molecule has 1 atom stereocenters. The molecule has 0 unspecified atom stereocenters. The third-order valence-corrected chi connectivity index (χ3v) is 5.68. The smallest absolute Gasteiger partial charge is 0.305 e. The van der Waals surface area contributed by atoms with Crippen LogP contribution in [-0.4, -0.2) is 47.2 Å². The molecule has 0 aromatic heterocycles. The van der Waals surface area contributed by atoms with Crippen LogP contribution in [0.25, 0.3) is 0 Å². The Labute approximate surface area is 178 Å². The molecule has 0 rings (SSSR count). The van der Waals surface area contributed by atoms with E-state index in [1.165, 1.54) is 19.3 Å². The number of esters is 1. The molecule has 0 heterocycles. The van der Waals surface area contributed by atoms with Gasteiger partial charge in [-0.1, -0.05) is 70.9 Å². The van der Waals surface area contributed by atoms with Crippen molar-refractivity contribution in [3.05, 3.63) is 12.2 Å². The topological polar surface area (TPSA) is 87.0 Å². The monoisotopic (exact) mass is 414 g/mol. The van der Waals surface area contributed by atoms with Crippen LogP contribution in [0.15, 0.2) is 12.2 Å². The van der Waals surface area contributed by atoms with Gasteiger partial charge in [-0.15, -0.1) is 0 Å². The zero-order valence-corrected chi connectivity index (χ0v) is 18.9. The summed E-state index contributed by atoms with van der Waals surface area (Å²) in [5.41, 5.74) is -0.714. The van der Waals surface area contributed by atoms with Crippen molar-refractivity contribution in [2.45, 2.75) is 110 Å². The summed E-state index contributed by atoms with van der Waals surface area (Å²) in [4.78, 5) is 11.8. The Morgan fingerprint density at radius 2 is 1.59 bits per heavy atom. The highest BCUT2D eigenvalue weighted by molar-refractivity contribution is 5.69. The predicted molar refractivity (Wildman–Crippen MR) is 119 cm³/mol. The molecule has 0 amide bonds. The molecule has 0 radical (unpaired) electrons. The van der Waals surface area contributed by atoms with Gasteiger partial charge in [0.15, 0.2) is 0 Å². The molecule has 0 aliphatic rings. The van der Waals surface area contributed by atoms with E-state index in [1.54, 1.807) is 0 Å². The van der Waals surface area contributed by atoms with Crippen molar-refractivity contribution < 1.29 is 24.9 Å². The maximum Gasteiger partial charge on any atom is 0.305 e. The third kappa shape index (κ3) is 15.6. The van der Waals surface area contributed by atoms with Gasteiger partial charge in [-0.3, -0.25) is 4.79 Å². The van der Waals surface area contributed by atoms with E-state index in [0.717, 1.165) is 57.8 Å². The standard InChI is InChI=1S/C24H46O5/c1-3-5-6-13-16-22(27)17-14-11-9-7-8-10-12-15-18-23(28)29-21-24(4-2,19-25)20-26/h11,14,22,25-27H,3-10,12-13,15-21H2,1-2H3/b14-11+/t22-/m1/s1. The summed E-state index contributed by atoms with van der Waals surface area (Å²) in [5, 5.41) is 28.6. The Bertz CT molecular complexity index is 396. The van der Waals surface area contributed by atoms with E-state index < -0.39 is 5.41 Å². The fourth-order valence-electron chi connectivity index (χ4n) is 3.13. The van der Waals surface area contributed by atoms with Crippen molar-refractivity contribution >= 4 is 5.97 Å². The van der Waals surface area contributed by atoms with Crippen LogP contribution < -0.4 is 0 Å². The number of carbonyl (C=O) groups excluding carboxylic acids is 1. The maximum absolute atomic E-state index is 11.8. The van der Waals surface area contributed by atoms with Crippen molar-refractivity contribution in [1.29, 1.82) is 0 Å². The summed E-state index contributed by atoms with van der Waals surface area (Å²) in [7, 11) is 0. The van der Waals surface area contributed by atoms with Crippen LogP contribution in [0.1, 0.15) is 104 Å². The average molecular weight is 415 g/mol. The summed E-state index contributed by atoms with van der Waals surface area (Å²) in [5.74, 6) is -0.249. The Balaban J connectivity index is 3.55. The Morgan fingerprint density at radius 1 is 0.931 bits per heavy atom. The molecule has 29 heavy (non-hydrogen) atoms. The van der Waals surface area contributed by atoms with E-state index in [0.29, 0.717) is 12.8 Å². The molecule has 0 fully saturated rings. The second-order valence-electron chi connectivity index (χ2n) is 8.35. The molecule has 0 aromatic rings. The average Bonchev–Trinajstić information content (AvgIpc) is 2.74. The number of carbonyl (C=O) groups is 1. The van der Waals surface area contributed by atoms with Gasteiger partial charge in [0.25, 0.3) is 0 Å². The molecule has 0 spiro atoms. The maximum atomic E-state index is 11.8. The Hall–Kier alpha value is -0.910. The Morgan fingerprint density at radius 3 is 2.24 bits per heavy atom. The number of unbranched alkanes of at least 4 members (excludes halogenated alkanes) is 8. The van der Waals surface area contributed by atoms with Crippen LogP contribution >= 0.6 is 0 Å². The minimum atomic E-state index is -0.714. The summed E-state index contributed by atoms with van der Waals surface area (Å²) >= 11 is 0. The van der Waals surface area contributed by atoms with Crippen molar-refractivity contribution in [3.63, 3.8) is 0 Å². The van der Waals surface area contributed by atoms with Crippen molar-refractivity contribution in [2.24, 2.45) is 5.41 Å². The summed E-state index contributed by atoms with van der Waals surface area (Å²) in [6.45, 7) is 3.78. The molecule has 0 aromatic carbocycles. The van der Waals surface area contributed by atoms with Gasteiger partial charge in [-0.25, -0.2) is 0 Å². The number of aliphatic hydroxyl groups is 3. The van der Waals surface area contributed by atoms with Crippen LogP contribution in [0.5, 0.6) is 0 Å². The highest BCUT2D eigenvalue weighted by atomic mass is 16.5. The lowest BCUT2D eigenvalue weighted by molar-refractivity contribution is -0.149. The molecular formula is C24H46O5. The van der Waals surface area contributed by atoms with Crippen LogP contribution in [0.2, 0.25) is 0 Å². The zero-order valence-electron chi connectivity index (χ0n) is 18.9. The van der Waals surface area contributed by atoms with Gasteiger partial charge in [0.05, 0.1) is 24.7 Å². The van der Waals surface area contributed by atoms with E-state index >= 15 is 0 Å². The highest BCUT2D eigenvalue weighted by Gasteiger charge is 2.28. The first-order chi connectivity index (χ1) is 14.0. The van der Waals surface area contributed by atoms with Crippen molar-refractivity contribution in [1.82, 2.24) is 0 Å². The van der Waals surface area contributed by atoms with Crippen LogP contribution in [0.4, 0.5) is 0 Å². The number of aliphatic hydroxyl groups excluding tert-OH is 3. The van der Waals surface area contributed by atoms with Gasteiger partial charge >= 0.3 is 5.97 Å². The van der Waals surface area contributed by atoms with Gasteiger partial charge < -0.3 is 20.1 Å². The van der Waals surface area contributed by atoms with E-state index in [9.17, 15) is 20.1 Å². The quantitative estimate of drug-likeness (QED) is 0.150. The SMILES string of the molecule is CCCCCC[C@@H](O)C/C=C/CCCCCCCC(=O)OCC(CC)(CO)CO. The molecule has 0 aliphatic carbocycles. The first-order valence-corrected chi connectivity index (χ1v) is 11.7. The fraction of sp³-hybridized carbons (Fsp3) is 0.875. The molecular weight excluding hydrogens is 368 g/mol. The van der Waals surface area contributed by atoms with Gasteiger partial charge in [-0.05, 0) is 38.5 Å². The number of rotatable bonds is 20. The van der Waals surface area contributed by atoms with E-state index in [2.05, 4.69) is 19.1 Å². The number of ether oxygens (including phenoxy) is 1. The van der Waals surface area contributed by atoms with Crippen molar-refractivity contribution in [3.8, 4) is 0 Å². The predicted octanol–water partition coefficient (Wildman–Crippen LogP) is 4.92. The number of hydrogen-bond donors (Lipinski definition) is 3. The van der Waals surface area contributed by atoms with Gasteiger partial charge in [0, 0.05) is 6.42 Å². The van der Waals surface area contributed by atoms with E-state index in [4.69, 9.17) is 4.74 Å². The lowest BCUT2D eigenvalue weighted by atomic mass is 9.88. The summed E-state index contributed by atoms with van der Waals surface area (Å²) in [6.07, 6.45) is 17.8. The van der Waals surface area contributed by atoms with Gasteiger partial charge in [0.1, 0.15) is 6.61 Å². The first-order valence-electron chi connectivity index (χ1n) is 11.7. The normalized spacial score (nSPS) is 13.1. The third-order valence-electron chi connectivity index (χ3n) is 5.68. The van der Waals surface area contributed by atoms with Crippen molar-refractivity contribution in [2.75, 3.05) is 19.8 Å². The second-order valence-corrected chi connectivity index (χ2v) is 8.35. The molecule has 172 valence electrons. The largest absolute Gasteiger partial charge is 0.465 e. The molecule has 5 nitrogen and oxygen atoms in total. The number of hydrogen-bond acceptors (Lipinski definition) is 5. The second kappa shape index (κ2) is 19.1. The van der Waals surface area contributed by atoms with E-state index in [-0.39, 0.29) is 31.9 Å². The molecule has 0 saturated carbocycles. The van der Waals surface area contributed by atoms with Gasteiger partial charge in [0.2, 0.25) is 0 Å². The molecule has 0 saturated heterocycles.